The van der Waals surface area contributed by atoms with Gasteiger partial charge in [-0.25, -0.2) is 4.79 Å². The fourth-order valence-electron chi connectivity index (χ4n) is 1.10. The second kappa shape index (κ2) is 2.90. The minimum Gasteiger partial charge on any atom is -0.480 e. The molecule has 1 atom stereocenters. The van der Waals surface area contributed by atoms with Crippen molar-refractivity contribution in [2.75, 3.05) is 6.98 Å². The van der Waals surface area contributed by atoms with Crippen LogP contribution in [0.1, 0.15) is 23.4 Å². The molecule has 62 valence electrons. The lowest BCUT2D eigenvalue weighted by Crippen LogP contribution is -2.45. The summed E-state index contributed by atoms with van der Waals surface area (Å²) in [7, 11) is 0. The van der Waals surface area contributed by atoms with E-state index >= 15 is 0 Å². The third-order valence-electron chi connectivity index (χ3n) is 1.73. The van der Waals surface area contributed by atoms with Crippen molar-refractivity contribution in [3.8, 4) is 0 Å². The van der Waals surface area contributed by atoms with Crippen LogP contribution in [-0.4, -0.2) is 34.9 Å². The Morgan fingerprint density at radius 2 is 2.64 bits per heavy atom. The average molecular weight is 160 g/mol. The fraction of sp³-hybridized carbons (Fsp3) is 0.714. The van der Waals surface area contributed by atoms with Crippen LogP contribution in [0, 0.1) is 0 Å². The third-order valence-corrected chi connectivity index (χ3v) is 1.73. The summed E-state index contributed by atoms with van der Waals surface area (Å²) >= 11 is 0. The first kappa shape index (κ1) is 4.74. The molecule has 0 aliphatic carbocycles. The molecule has 4 heteroatoms. The largest absolute Gasteiger partial charge is 0.480 e. The van der Waals surface area contributed by atoms with Crippen LogP contribution in [0.5, 0.6) is 0 Å². The van der Waals surface area contributed by atoms with Gasteiger partial charge in [-0.2, -0.15) is 0 Å². The summed E-state index contributed by atoms with van der Waals surface area (Å²) in [5, 5.41) is 8.75. The van der Waals surface area contributed by atoms with Gasteiger partial charge in [-0.1, -0.05) is 0 Å². The van der Waals surface area contributed by atoms with Crippen molar-refractivity contribution in [2.24, 2.45) is 0 Å². The van der Waals surface area contributed by atoms with E-state index in [0.717, 1.165) is 0 Å². The molecule has 0 saturated carbocycles. The van der Waals surface area contributed by atoms with Crippen molar-refractivity contribution in [3.63, 3.8) is 0 Å². The smallest absolute Gasteiger partial charge is 0.326 e. The van der Waals surface area contributed by atoms with Gasteiger partial charge in [-0.05, 0) is 12.8 Å². The van der Waals surface area contributed by atoms with Crippen LogP contribution in [0.25, 0.3) is 0 Å². The molecule has 1 heterocycles. The van der Waals surface area contributed by atoms with E-state index in [0.29, 0.717) is 11.3 Å². The van der Waals surface area contributed by atoms with Gasteiger partial charge >= 0.3 is 5.97 Å². The van der Waals surface area contributed by atoms with Crippen molar-refractivity contribution >= 4 is 11.9 Å². The van der Waals surface area contributed by atoms with Gasteiger partial charge in [0.2, 0.25) is 5.91 Å². The molecule has 0 aromatic rings. The molecular weight excluding hydrogens is 146 g/mol. The van der Waals surface area contributed by atoms with Gasteiger partial charge in [-0.3, -0.25) is 4.79 Å². The van der Waals surface area contributed by atoms with E-state index < -0.39 is 24.9 Å². The summed E-state index contributed by atoms with van der Waals surface area (Å²) in [4.78, 5) is 22.5. The maximum Gasteiger partial charge on any atom is 0.326 e. The summed E-state index contributed by atoms with van der Waals surface area (Å²) in [5.41, 5.74) is 0. The van der Waals surface area contributed by atoms with Gasteiger partial charge in [-0.15, -0.1) is 0 Å². The van der Waals surface area contributed by atoms with Crippen LogP contribution in [-0.2, 0) is 9.59 Å². The molecule has 1 aliphatic rings. The average Bonchev–Trinajstić information content (AvgIpc) is 2.01. The number of rotatable bonds is 1. The molecule has 1 amide bonds. The van der Waals surface area contributed by atoms with Crippen LogP contribution >= 0.6 is 0 Å². The Balaban J connectivity index is 2.93. The number of amides is 1. The summed E-state index contributed by atoms with van der Waals surface area (Å²) in [6.07, 6.45) is 0.754. The predicted octanol–water partition coefficient (Wildman–Crippen LogP) is 0.0819. The van der Waals surface area contributed by atoms with Crippen LogP contribution < -0.4 is 0 Å². The zero-order chi connectivity index (χ0) is 10.9. The van der Waals surface area contributed by atoms with Crippen molar-refractivity contribution < 1.29 is 18.8 Å². The summed E-state index contributed by atoms with van der Waals surface area (Å²) in [5.74, 6) is -1.86. The van der Waals surface area contributed by atoms with Gasteiger partial charge in [0.1, 0.15) is 6.04 Å². The van der Waals surface area contributed by atoms with E-state index in [-0.39, 0.29) is 12.8 Å². The molecule has 0 bridgehead atoms. The predicted molar refractivity (Wildman–Crippen MR) is 38.0 cm³/mol. The first-order valence-electron chi connectivity index (χ1n) is 4.89. The van der Waals surface area contributed by atoms with E-state index in [1.165, 1.54) is 0 Å². The van der Waals surface area contributed by atoms with Crippen molar-refractivity contribution in [2.45, 2.75) is 25.3 Å². The maximum absolute atomic E-state index is 11.3. The SMILES string of the molecule is [2H]C([2H])([2H])N1C(=O)CCC[C@H]1C(=O)O. The monoisotopic (exact) mass is 160 g/mol. The Morgan fingerprint density at radius 3 is 3.09 bits per heavy atom. The summed E-state index contributed by atoms with van der Waals surface area (Å²) in [6, 6.07) is -1.20. The number of piperidine rings is 1. The van der Waals surface area contributed by atoms with E-state index in [1.54, 1.807) is 0 Å². The molecule has 0 aromatic heterocycles. The molecule has 4 nitrogen and oxygen atoms in total. The standard InChI is InChI=1S/C7H11NO3/c1-8-5(7(10)11)3-2-4-6(8)9/h5H,2-4H2,1H3,(H,10,11)/t5-/m0/s1/i1D3. The third kappa shape index (κ3) is 1.50. The number of aliphatic carboxylic acids is 1. The molecule has 0 unspecified atom stereocenters. The number of hydrogen-bond donors (Lipinski definition) is 1. The number of carboxylic acids is 1. The molecule has 1 fully saturated rings. The van der Waals surface area contributed by atoms with Crippen LogP contribution in [0.3, 0.4) is 0 Å². The number of carbonyl (C=O) groups excluding carboxylic acids is 1. The zero-order valence-electron chi connectivity index (χ0n) is 8.91. The quantitative estimate of drug-likeness (QED) is 0.591. The number of carbonyl (C=O) groups is 2. The highest BCUT2D eigenvalue weighted by molar-refractivity contribution is 5.84. The fourth-order valence-corrected chi connectivity index (χ4v) is 1.10. The Bertz CT molecular complexity index is 263. The van der Waals surface area contributed by atoms with Crippen LogP contribution in [0.2, 0.25) is 0 Å². The molecule has 1 saturated heterocycles. The van der Waals surface area contributed by atoms with Gasteiger partial charge in [0.15, 0.2) is 0 Å². The highest BCUT2D eigenvalue weighted by Gasteiger charge is 2.29. The molecule has 1 rings (SSSR count). The zero-order valence-corrected chi connectivity index (χ0v) is 5.91. The first-order chi connectivity index (χ1) is 6.34. The van der Waals surface area contributed by atoms with Gasteiger partial charge in [0, 0.05) is 17.5 Å². The maximum atomic E-state index is 11.3. The van der Waals surface area contributed by atoms with E-state index in [9.17, 15) is 9.59 Å². The number of likely N-dealkylation sites (N-methyl/N-ethyl adjacent to an activating group) is 1. The van der Waals surface area contributed by atoms with Crippen molar-refractivity contribution in [3.05, 3.63) is 0 Å². The molecule has 1 N–H and O–H groups in total. The second-order valence-electron chi connectivity index (χ2n) is 2.51. The highest BCUT2D eigenvalue weighted by atomic mass is 16.4. The first-order valence-corrected chi connectivity index (χ1v) is 3.39. The molecular formula is C7H11NO3. The Morgan fingerprint density at radius 1 is 1.91 bits per heavy atom. The lowest BCUT2D eigenvalue weighted by atomic mass is 10.0. The lowest BCUT2D eigenvalue weighted by Gasteiger charge is -2.28. The van der Waals surface area contributed by atoms with E-state index in [2.05, 4.69) is 0 Å². The summed E-state index contributed by atoms with van der Waals surface area (Å²) in [6.45, 7) is -2.65. The number of hydrogen-bond acceptors (Lipinski definition) is 2. The minimum absolute atomic E-state index is 0.113. The topological polar surface area (TPSA) is 57.6 Å². The van der Waals surface area contributed by atoms with Crippen molar-refractivity contribution in [1.29, 1.82) is 0 Å². The van der Waals surface area contributed by atoms with E-state index in [1.807, 2.05) is 0 Å². The number of carboxylic acid groups (broad SMARTS) is 1. The van der Waals surface area contributed by atoms with Gasteiger partial charge in [0.25, 0.3) is 0 Å². The molecule has 0 radical (unpaired) electrons. The molecule has 0 aromatic carbocycles. The molecule has 11 heavy (non-hydrogen) atoms. The normalized spacial score (nSPS) is 30.5. The van der Waals surface area contributed by atoms with Gasteiger partial charge in [0.05, 0.1) is 0 Å². The summed E-state index contributed by atoms with van der Waals surface area (Å²) < 4.78 is 21.2. The molecule has 0 spiro atoms. The van der Waals surface area contributed by atoms with Crippen molar-refractivity contribution in [1.82, 2.24) is 4.90 Å². The number of likely N-dealkylation sites (tertiary alicyclic amines) is 1. The van der Waals surface area contributed by atoms with Crippen LogP contribution in [0.15, 0.2) is 0 Å². The lowest BCUT2D eigenvalue weighted by molar-refractivity contribution is -0.151. The van der Waals surface area contributed by atoms with Crippen LogP contribution in [0.4, 0.5) is 0 Å². The van der Waals surface area contributed by atoms with E-state index in [4.69, 9.17) is 9.22 Å². The Hall–Kier alpha value is -1.06. The second-order valence-corrected chi connectivity index (χ2v) is 2.51. The number of nitrogens with zero attached hydrogens (tertiary/aromatic N) is 1. The Labute approximate surface area is 69.0 Å². The molecule has 1 aliphatic heterocycles. The highest BCUT2D eigenvalue weighted by Crippen LogP contribution is 2.15. The van der Waals surface area contributed by atoms with Gasteiger partial charge < -0.3 is 10.0 Å². The minimum atomic E-state index is -2.65. The Kier molecular flexibility index (Phi) is 1.25.